The van der Waals surface area contributed by atoms with Gasteiger partial charge in [0.15, 0.2) is 0 Å². The maximum atomic E-state index is 14.0. The van der Waals surface area contributed by atoms with Gasteiger partial charge in [-0.25, -0.2) is 9.52 Å². The Kier molecular flexibility index (Phi) is 8.89. The summed E-state index contributed by atoms with van der Waals surface area (Å²) in [7, 11) is -4.58. The molecule has 4 rings (SSSR count). The maximum absolute atomic E-state index is 14.0. The number of hydrogen-bond donors (Lipinski definition) is 4. The highest BCUT2D eigenvalue weighted by molar-refractivity contribution is 8.18. The number of carboxylic acid groups (broad SMARTS) is 1. The SMILES string of the molecule is CC(C)(C)C(CN1C(=O)S/C(=C(/Cc2ccc(Cl)cc2C(F)(F)F)c2ccc3[nH]ncc3c2)C1=O)NS(=O)(=O)NC(=O)O. The van der Waals surface area contributed by atoms with E-state index < -0.39 is 63.6 Å². The van der Waals surface area contributed by atoms with Crippen LogP contribution in [0.1, 0.15) is 37.5 Å². The first-order valence-electron chi connectivity index (χ1n) is 12.4. The molecule has 1 unspecified atom stereocenters. The number of rotatable bonds is 8. The van der Waals surface area contributed by atoms with E-state index in [-0.39, 0.29) is 21.1 Å². The van der Waals surface area contributed by atoms with Crippen molar-refractivity contribution in [2.45, 2.75) is 39.4 Å². The molecule has 1 saturated heterocycles. The van der Waals surface area contributed by atoms with Gasteiger partial charge in [0, 0.05) is 23.0 Å². The molecule has 3 aromatic rings. The molecule has 1 aromatic heterocycles. The normalized spacial score (nSPS) is 16.6. The molecule has 1 atom stereocenters. The van der Waals surface area contributed by atoms with Crippen LogP contribution >= 0.6 is 23.4 Å². The number of imide groups is 1. The van der Waals surface area contributed by atoms with E-state index in [9.17, 15) is 36.0 Å². The number of carbonyl (C=O) groups is 3. The van der Waals surface area contributed by atoms with E-state index in [1.165, 1.54) is 23.1 Å². The van der Waals surface area contributed by atoms with Gasteiger partial charge in [-0.05, 0) is 64.6 Å². The average Bonchev–Trinajstić information content (AvgIpc) is 3.44. The van der Waals surface area contributed by atoms with Gasteiger partial charge in [0.25, 0.3) is 11.1 Å². The molecule has 17 heteroatoms. The van der Waals surface area contributed by atoms with E-state index in [0.29, 0.717) is 28.2 Å². The third kappa shape index (κ3) is 7.49. The second-order valence-corrected chi connectivity index (χ2v) is 13.5. The first-order chi connectivity index (χ1) is 19.9. The van der Waals surface area contributed by atoms with Gasteiger partial charge < -0.3 is 5.11 Å². The maximum Gasteiger partial charge on any atom is 0.419 e. The van der Waals surface area contributed by atoms with Crippen LogP contribution < -0.4 is 9.44 Å². The largest absolute Gasteiger partial charge is 0.464 e. The number of benzene rings is 2. The van der Waals surface area contributed by atoms with Gasteiger partial charge >= 0.3 is 22.5 Å². The van der Waals surface area contributed by atoms with Crippen molar-refractivity contribution in [2.75, 3.05) is 6.54 Å². The van der Waals surface area contributed by atoms with Crippen LogP contribution in [0, 0.1) is 5.41 Å². The minimum atomic E-state index is -4.76. The zero-order valence-corrected chi connectivity index (χ0v) is 25.1. The minimum absolute atomic E-state index is 0.127. The average molecular weight is 660 g/mol. The molecule has 1 aliphatic rings. The summed E-state index contributed by atoms with van der Waals surface area (Å²) in [5, 5.41) is 15.3. The lowest BCUT2D eigenvalue weighted by molar-refractivity contribution is -0.138. The van der Waals surface area contributed by atoms with Crippen LogP contribution in [-0.2, 0) is 27.6 Å². The smallest absolute Gasteiger partial charge is 0.419 e. The summed E-state index contributed by atoms with van der Waals surface area (Å²) in [5.74, 6) is -0.848. The summed E-state index contributed by atoms with van der Waals surface area (Å²) >= 11 is 6.37. The number of carbonyl (C=O) groups excluding carboxylic acids is 2. The van der Waals surface area contributed by atoms with Crippen molar-refractivity contribution in [1.29, 1.82) is 0 Å². The highest BCUT2D eigenvalue weighted by Gasteiger charge is 2.42. The van der Waals surface area contributed by atoms with E-state index in [1.807, 2.05) is 0 Å². The second-order valence-electron chi connectivity index (χ2n) is 10.7. The lowest BCUT2D eigenvalue weighted by atomic mass is 9.87. The molecule has 3 amide bonds. The number of aromatic nitrogens is 2. The molecular formula is C26H25ClF3N5O6S2. The van der Waals surface area contributed by atoms with E-state index >= 15 is 0 Å². The summed E-state index contributed by atoms with van der Waals surface area (Å²) < 4.78 is 70.0. The fourth-order valence-corrected chi connectivity index (χ4v) is 6.56. The Morgan fingerprint density at radius 2 is 1.86 bits per heavy atom. The van der Waals surface area contributed by atoms with E-state index in [2.05, 4.69) is 14.9 Å². The minimum Gasteiger partial charge on any atom is -0.464 e. The fourth-order valence-electron chi connectivity index (χ4n) is 4.34. The van der Waals surface area contributed by atoms with Crippen molar-refractivity contribution >= 4 is 67.3 Å². The third-order valence-electron chi connectivity index (χ3n) is 6.59. The van der Waals surface area contributed by atoms with Crippen LogP contribution in [0.25, 0.3) is 16.5 Å². The topological polar surface area (TPSA) is 162 Å². The van der Waals surface area contributed by atoms with Crippen LogP contribution in [0.5, 0.6) is 0 Å². The number of amides is 3. The summed E-state index contributed by atoms with van der Waals surface area (Å²) in [6, 6.07) is 6.96. The number of nitrogens with zero attached hydrogens (tertiary/aromatic N) is 2. The number of alkyl halides is 3. The monoisotopic (exact) mass is 659 g/mol. The van der Waals surface area contributed by atoms with Crippen LogP contribution in [-0.4, -0.2) is 58.4 Å². The van der Waals surface area contributed by atoms with Gasteiger partial charge in [0.2, 0.25) is 0 Å². The molecule has 43 heavy (non-hydrogen) atoms. The van der Waals surface area contributed by atoms with Crippen LogP contribution in [0.3, 0.4) is 0 Å². The number of aromatic amines is 1. The van der Waals surface area contributed by atoms with Gasteiger partial charge in [-0.15, -0.1) is 0 Å². The second kappa shape index (κ2) is 11.8. The molecule has 1 fully saturated rings. The zero-order chi connectivity index (χ0) is 31.9. The molecule has 4 N–H and O–H groups in total. The van der Waals surface area contributed by atoms with Gasteiger partial charge in [-0.2, -0.15) is 31.4 Å². The van der Waals surface area contributed by atoms with E-state index in [4.69, 9.17) is 16.7 Å². The molecule has 0 bridgehead atoms. The third-order valence-corrected chi connectivity index (χ3v) is 8.88. The van der Waals surface area contributed by atoms with Crippen molar-refractivity contribution in [3.8, 4) is 0 Å². The number of hydrogen-bond acceptors (Lipinski definition) is 7. The first-order valence-corrected chi connectivity index (χ1v) is 15.1. The molecule has 0 radical (unpaired) electrons. The predicted molar refractivity (Wildman–Crippen MR) is 154 cm³/mol. The molecule has 0 spiro atoms. The highest BCUT2D eigenvalue weighted by Crippen LogP contribution is 2.42. The van der Waals surface area contributed by atoms with Crippen molar-refractivity contribution in [2.24, 2.45) is 5.41 Å². The molecular weight excluding hydrogens is 635 g/mol. The van der Waals surface area contributed by atoms with Crippen LogP contribution in [0.15, 0.2) is 47.5 Å². The number of fused-ring (bicyclic) bond motifs is 1. The Morgan fingerprint density at radius 3 is 2.49 bits per heavy atom. The first kappa shape index (κ1) is 32.3. The highest BCUT2D eigenvalue weighted by atomic mass is 35.5. The molecule has 0 aliphatic carbocycles. The quantitative estimate of drug-likeness (QED) is 0.234. The molecule has 0 saturated carbocycles. The number of allylic oxidation sites excluding steroid dienone is 1. The van der Waals surface area contributed by atoms with Crippen molar-refractivity contribution in [3.05, 3.63) is 69.2 Å². The zero-order valence-electron chi connectivity index (χ0n) is 22.7. The van der Waals surface area contributed by atoms with Gasteiger partial charge in [-0.1, -0.05) is 44.5 Å². The molecule has 230 valence electrons. The number of nitrogens with one attached hydrogen (secondary N) is 3. The van der Waals surface area contributed by atoms with E-state index in [1.54, 1.807) is 39.0 Å². The Bertz CT molecular complexity index is 1750. The standard InChI is InChI=1S/C26H25ClF3N5O6S2/c1-25(2,3)20(33-43(40,41)34-23(37)38)12-35-22(36)21(42-24(35)39)17(13-5-7-19-15(8-13)11-31-32-19)9-14-4-6-16(27)10-18(14)26(28,29)30/h4-8,10-11,20,33-34H,9,12H2,1-3H3,(H,31,32)(H,37,38)/b21-17-. The Morgan fingerprint density at radius 1 is 1.16 bits per heavy atom. The summed E-state index contributed by atoms with van der Waals surface area (Å²) in [6.45, 7) is 4.35. The van der Waals surface area contributed by atoms with Crippen molar-refractivity contribution in [1.82, 2.24) is 24.5 Å². The van der Waals surface area contributed by atoms with Crippen molar-refractivity contribution in [3.63, 3.8) is 0 Å². The fraction of sp³-hybridized carbons (Fsp3) is 0.308. The Balaban J connectivity index is 1.80. The number of halogens is 4. The summed E-state index contributed by atoms with van der Waals surface area (Å²) in [6.07, 6.45) is -5.51. The predicted octanol–water partition coefficient (Wildman–Crippen LogP) is 5.40. The number of H-pyrrole nitrogens is 1. The molecule has 2 aromatic carbocycles. The molecule has 1 aliphatic heterocycles. The lowest BCUT2D eigenvalue weighted by Crippen LogP contribution is -2.54. The Hall–Kier alpha value is -3.60. The van der Waals surface area contributed by atoms with Crippen molar-refractivity contribution < 1.29 is 41.1 Å². The summed E-state index contributed by atoms with van der Waals surface area (Å²) in [4.78, 5) is 38.5. The lowest BCUT2D eigenvalue weighted by Gasteiger charge is -2.33. The van der Waals surface area contributed by atoms with E-state index in [0.717, 1.165) is 11.0 Å². The Labute approximate surface area is 253 Å². The molecule has 2 heterocycles. The van der Waals surface area contributed by atoms with Gasteiger partial charge in [-0.3, -0.25) is 19.6 Å². The van der Waals surface area contributed by atoms with Gasteiger partial charge in [0.1, 0.15) is 0 Å². The van der Waals surface area contributed by atoms with Crippen LogP contribution in [0.2, 0.25) is 5.02 Å². The number of thioether (sulfide) groups is 1. The van der Waals surface area contributed by atoms with Gasteiger partial charge in [0.05, 0.1) is 22.2 Å². The van der Waals surface area contributed by atoms with Crippen LogP contribution in [0.4, 0.5) is 22.8 Å². The summed E-state index contributed by atoms with van der Waals surface area (Å²) in [5.41, 5.74) is -0.983. The molecule has 11 nitrogen and oxygen atoms in total.